The number of hydrogen-bond donors (Lipinski definition) is 1. The minimum Gasteiger partial charge on any atom is -0.468 e. The molecule has 2 nitrogen and oxygen atoms in total. The van der Waals surface area contributed by atoms with Gasteiger partial charge in [0.05, 0.1) is 12.0 Å². The summed E-state index contributed by atoms with van der Waals surface area (Å²) in [6.45, 7) is 2.15. The Morgan fingerprint density at radius 3 is 2.90 bits per heavy atom. The van der Waals surface area contributed by atoms with Crippen LogP contribution in [0.15, 0.2) is 22.8 Å². The van der Waals surface area contributed by atoms with Crippen molar-refractivity contribution in [3.8, 4) is 0 Å². The highest BCUT2D eigenvalue weighted by atomic mass is 32.2. The van der Waals surface area contributed by atoms with E-state index in [9.17, 15) is 0 Å². The van der Waals surface area contributed by atoms with E-state index in [4.69, 9.17) is 4.42 Å². The van der Waals surface area contributed by atoms with E-state index in [1.807, 2.05) is 23.9 Å². The van der Waals surface area contributed by atoms with Gasteiger partial charge in [-0.25, -0.2) is 0 Å². The van der Waals surface area contributed by atoms with Crippen LogP contribution in [0.1, 0.15) is 12.7 Å². The van der Waals surface area contributed by atoms with Gasteiger partial charge in [0.2, 0.25) is 0 Å². The Morgan fingerprint density at radius 1 is 1.60 bits per heavy atom. The standard InChI is InChI=1S/C7H10OS.H3N/c1-2-9-6-7-4-3-5-8-7;/h3-5H,2,6H2,1H3;1H3. The molecule has 0 radical (unpaired) electrons. The molecular weight excluding hydrogens is 146 g/mol. The van der Waals surface area contributed by atoms with Gasteiger partial charge in [0.15, 0.2) is 0 Å². The van der Waals surface area contributed by atoms with Gasteiger partial charge < -0.3 is 10.6 Å². The van der Waals surface area contributed by atoms with Gasteiger partial charge in [-0.05, 0) is 17.9 Å². The molecule has 1 rings (SSSR count). The first kappa shape index (κ1) is 9.59. The van der Waals surface area contributed by atoms with Crippen LogP contribution in [0.3, 0.4) is 0 Å². The third-order valence-electron chi connectivity index (χ3n) is 1.03. The number of hydrogen-bond acceptors (Lipinski definition) is 3. The molecule has 0 saturated heterocycles. The molecule has 0 aliphatic rings. The minimum atomic E-state index is 0. The Kier molecular flexibility index (Phi) is 5.16. The van der Waals surface area contributed by atoms with Crippen LogP contribution >= 0.6 is 11.8 Å². The Labute approximate surface area is 65.6 Å². The molecule has 0 unspecified atom stereocenters. The van der Waals surface area contributed by atoms with Crippen molar-refractivity contribution >= 4 is 11.8 Å². The maximum absolute atomic E-state index is 5.11. The van der Waals surface area contributed by atoms with Gasteiger partial charge in [-0.1, -0.05) is 6.92 Å². The zero-order chi connectivity index (χ0) is 6.53. The smallest absolute Gasteiger partial charge is 0.113 e. The third kappa shape index (κ3) is 2.94. The summed E-state index contributed by atoms with van der Waals surface area (Å²) in [6.07, 6.45) is 1.71. The normalized spacial score (nSPS) is 8.90. The second kappa shape index (κ2) is 5.38. The van der Waals surface area contributed by atoms with Crippen LogP contribution in [-0.2, 0) is 5.75 Å². The predicted molar refractivity (Wildman–Crippen MR) is 45.6 cm³/mol. The molecular formula is C7H13NOS. The van der Waals surface area contributed by atoms with E-state index in [1.54, 1.807) is 6.26 Å². The summed E-state index contributed by atoms with van der Waals surface area (Å²) in [7, 11) is 0. The molecule has 3 N–H and O–H groups in total. The number of furan rings is 1. The van der Waals surface area contributed by atoms with Crippen LogP contribution in [0, 0.1) is 0 Å². The highest BCUT2D eigenvalue weighted by Gasteiger charge is 1.91. The van der Waals surface area contributed by atoms with E-state index in [1.165, 1.54) is 0 Å². The highest BCUT2D eigenvalue weighted by Crippen LogP contribution is 2.10. The topological polar surface area (TPSA) is 48.1 Å². The van der Waals surface area contributed by atoms with E-state index < -0.39 is 0 Å². The van der Waals surface area contributed by atoms with E-state index in [0.717, 1.165) is 17.3 Å². The molecule has 58 valence electrons. The second-order valence-corrected chi connectivity index (χ2v) is 2.99. The molecule has 0 saturated carbocycles. The minimum absolute atomic E-state index is 0. The average molecular weight is 159 g/mol. The van der Waals surface area contributed by atoms with Crippen molar-refractivity contribution in [3.63, 3.8) is 0 Å². The largest absolute Gasteiger partial charge is 0.468 e. The molecule has 0 atom stereocenters. The van der Waals surface area contributed by atoms with Crippen molar-refractivity contribution < 1.29 is 4.42 Å². The Bertz CT molecular complexity index is 151. The fraction of sp³-hybridized carbons (Fsp3) is 0.429. The maximum atomic E-state index is 5.11. The van der Waals surface area contributed by atoms with Crippen molar-refractivity contribution in [2.24, 2.45) is 0 Å². The first-order valence-corrected chi connectivity index (χ1v) is 4.19. The molecule has 0 bridgehead atoms. The molecule has 10 heavy (non-hydrogen) atoms. The van der Waals surface area contributed by atoms with Crippen molar-refractivity contribution in [2.75, 3.05) is 5.75 Å². The van der Waals surface area contributed by atoms with Gasteiger partial charge in [0.25, 0.3) is 0 Å². The predicted octanol–water partition coefficient (Wildman–Crippen LogP) is 2.69. The average Bonchev–Trinajstić information content (AvgIpc) is 2.34. The van der Waals surface area contributed by atoms with Gasteiger partial charge in [-0.2, -0.15) is 11.8 Å². The summed E-state index contributed by atoms with van der Waals surface area (Å²) < 4.78 is 5.11. The fourth-order valence-electron chi connectivity index (χ4n) is 0.597. The lowest BCUT2D eigenvalue weighted by molar-refractivity contribution is 0.530. The summed E-state index contributed by atoms with van der Waals surface area (Å²) in [6, 6.07) is 3.92. The zero-order valence-electron chi connectivity index (χ0n) is 6.17. The van der Waals surface area contributed by atoms with E-state index in [0.29, 0.717) is 0 Å². The number of rotatable bonds is 3. The van der Waals surface area contributed by atoms with Gasteiger partial charge in [0.1, 0.15) is 5.76 Å². The zero-order valence-corrected chi connectivity index (χ0v) is 6.99. The fourth-order valence-corrected chi connectivity index (χ4v) is 1.17. The van der Waals surface area contributed by atoms with Crippen molar-refractivity contribution in [3.05, 3.63) is 24.2 Å². The Hall–Kier alpha value is -0.410. The van der Waals surface area contributed by atoms with Crippen LogP contribution in [-0.4, -0.2) is 5.75 Å². The van der Waals surface area contributed by atoms with Gasteiger partial charge >= 0.3 is 0 Å². The molecule has 0 aliphatic carbocycles. The van der Waals surface area contributed by atoms with Gasteiger partial charge in [-0.15, -0.1) is 0 Å². The molecule has 1 aromatic rings. The van der Waals surface area contributed by atoms with Crippen molar-refractivity contribution in [2.45, 2.75) is 12.7 Å². The monoisotopic (exact) mass is 159 g/mol. The first-order valence-electron chi connectivity index (χ1n) is 3.03. The summed E-state index contributed by atoms with van der Waals surface area (Å²) >= 11 is 1.87. The van der Waals surface area contributed by atoms with Gasteiger partial charge in [0, 0.05) is 0 Å². The molecule has 0 aromatic carbocycles. The van der Waals surface area contributed by atoms with Gasteiger partial charge in [-0.3, -0.25) is 0 Å². The SMILES string of the molecule is CCSCc1ccco1.N. The van der Waals surface area contributed by atoms with Crippen LogP contribution in [0.25, 0.3) is 0 Å². The molecule has 0 aliphatic heterocycles. The maximum Gasteiger partial charge on any atom is 0.113 e. The highest BCUT2D eigenvalue weighted by molar-refractivity contribution is 7.98. The van der Waals surface area contributed by atoms with Crippen molar-refractivity contribution in [1.29, 1.82) is 0 Å². The van der Waals surface area contributed by atoms with E-state index in [-0.39, 0.29) is 6.15 Å². The lowest BCUT2D eigenvalue weighted by Crippen LogP contribution is -1.73. The first-order chi connectivity index (χ1) is 4.43. The molecule has 0 amide bonds. The van der Waals surface area contributed by atoms with Crippen molar-refractivity contribution in [1.82, 2.24) is 6.15 Å². The molecule has 0 fully saturated rings. The van der Waals surface area contributed by atoms with E-state index >= 15 is 0 Å². The summed E-state index contributed by atoms with van der Waals surface area (Å²) in [5.74, 6) is 3.23. The van der Waals surface area contributed by atoms with Crippen LogP contribution in [0.4, 0.5) is 0 Å². The second-order valence-electron chi connectivity index (χ2n) is 1.72. The molecule has 3 heteroatoms. The molecule has 1 heterocycles. The van der Waals surface area contributed by atoms with E-state index in [2.05, 4.69) is 6.92 Å². The lowest BCUT2D eigenvalue weighted by atomic mass is 10.5. The molecule has 0 spiro atoms. The summed E-state index contributed by atoms with van der Waals surface area (Å²) in [5, 5.41) is 0. The quantitative estimate of drug-likeness (QED) is 0.737. The third-order valence-corrected chi connectivity index (χ3v) is 1.93. The summed E-state index contributed by atoms with van der Waals surface area (Å²) in [5.41, 5.74) is 0. The lowest BCUT2D eigenvalue weighted by Gasteiger charge is -1.90. The molecule has 1 aromatic heterocycles. The summed E-state index contributed by atoms with van der Waals surface area (Å²) in [4.78, 5) is 0. The number of thioether (sulfide) groups is 1. The Morgan fingerprint density at radius 2 is 2.40 bits per heavy atom. The van der Waals surface area contributed by atoms with Crippen LogP contribution in [0.2, 0.25) is 0 Å². The Balaban J connectivity index is 0.000000810. The van der Waals surface area contributed by atoms with Crippen LogP contribution in [0.5, 0.6) is 0 Å². The van der Waals surface area contributed by atoms with Crippen LogP contribution < -0.4 is 6.15 Å².